The summed E-state index contributed by atoms with van der Waals surface area (Å²) < 4.78 is 5.12. The molecule has 0 amide bonds. The van der Waals surface area contributed by atoms with Gasteiger partial charge >= 0.3 is 5.82 Å². The second kappa shape index (κ2) is 4.18. The van der Waals surface area contributed by atoms with Crippen LogP contribution in [-0.2, 0) is 12.1 Å². The molecule has 96 valence electrons. The van der Waals surface area contributed by atoms with Crippen LogP contribution >= 0.6 is 0 Å². The van der Waals surface area contributed by atoms with Gasteiger partial charge in [-0.25, -0.2) is 4.98 Å². The topological polar surface area (TPSA) is 120 Å². The van der Waals surface area contributed by atoms with Crippen molar-refractivity contribution < 1.29 is 14.4 Å². The monoisotopic (exact) mass is 253 g/mol. The average Bonchev–Trinajstić information content (AvgIpc) is 2.85. The Bertz CT molecular complexity index is 568. The molecule has 2 heterocycles. The van der Waals surface area contributed by atoms with Crippen LogP contribution in [0.15, 0.2) is 16.9 Å². The second-order valence-corrected chi connectivity index (χ2v) is 4.18. The fourth-order valence-corrected chi connectivity index (χ4v) is 1.23. The fraction of sp³-hybridized carbons (Fsp3) is 0.444. The molecule has 0 spiro atoms. The predicted molar refractivity (Wildman–Crippen MR) is 57.5 cm³/mol. The van der Waals surface area contributed by atoms with Crippen LogP contribution in [0.5, 0.6) is 0 Å². The highest BCUT2D eigenvalue weighted by Gasteiger charge is 2.22. The molecule has 0 aliphatic rings. The molecule has 0 fully saturated rings. The Kier molecular flexibility index (Phi) is 2.83. The zero-order valence-electron chi connectivity index (χ0n) is 9.77. The standard InChI is InChI=1S/C9H11N5O4/c1-9(2,15)6-5-18-8(11-6)4-13-10-3-7(12-13)14(16)17/h3,5,15H,4H2,1-2H3. The summed E-state index contributed by atoms with van der Waals surface area (Å²) in [6, 6.07) is 0. The number of hydrogen-bond donors (Lipinski definition) is 1. The lowest BCUT2D eigenvalue weighted by atomic mass is 10.1. The van der Waals surface area contributed by atoms with Crippen molar-refractivity contribution in [1.29, 1.82) is 0 Å². The molecule has 1 N–H and O–H groups in total. The summed E-state index contributed by atoms with van der Waals surface area (Å²) >= 11 is 0. The lowest BCUT2D eigenvalue weighted by Gasteiger charge is -2.11. The SMILES string of the molecule is CC(C)(O)c1coc(Cn2ncc([N+](=O)[O-])n2)n1. The summed E-state index contributed by atoms with van der Waals surface area (Å²) in [5, 5.41) is 27.4. The highest BCUT2D eigenvalue weighted by atomic mass is 16.6. The van der Waals surface area contributed by atoms with Crippen LogP contribution in [0, 0.1) is 10.1 Å². The number of oxazole rings is 1. The van der Waals surface area contributed by atoms with E-state index in [-0.39, 0.29) is 18.3 Å². The van der Waals surface area contributed by atoms with Crippen LogP contribution in [0.2, 0.25) is 0 Å². The van der Waals surface area contributed by atoms with Crippen LogP contribution < -0.4 is 0 Å². The predicted octanol–water partition coefficient (Wildman–Crippen LogP) is 0.450. The van der Waals surface area contributed by atoms with Gasteiger partial charge in [-0.1, -0.05) is 4.80 Å². The maximum Gasteiger partial charge on any atom is 0.410 e. The van der Waals surface area contributed by atoms with E-state index in [1.54, 1.807) is 13.8 Å². The third-order valence-electron chi connectivity index (χ3n) is 2.17. The quantitative estimate of drug-likeness (QED) is 0.620. The number of hydrogen-bond acceptors (Lipinski definition) is 7. The fourth-order valence-electron chi connectivity index (χ4n) is 1.23. The van der Waals surface area contributed by atoms with Crippen molar-refractivity contribution in [2.24, 2.45) is 0 Å². The first-order valence-electron chi connectivity index (χ1n) is 5.08. The zero-order valence-corrected chi connectivity index (χ0v) is 9.77. The van der Waals surface area contributed by atoms with Gasteiger partial charge in [-0.15, -0.1) is 5.10 Å². The van der Waals surface area contributed by atoms with E-state index >= 15 is 0 Å². The Balaban J connectivity index is 2.14. The van der Waals surface area contributed by atoms with Gasteiger partial charge in [0.15, 0.2) is 12.7 Å². The van der Waals surface area contributed by atoms with Crippen LogP contribution in [0.1, 0.15) is 25.4 Å². The molecule has 2 aromatic rings. The van der Waals surface area contributed by atoms with Gasteiger partial charge in [-0.2, -0.15) is 0 Å². The van der Waals surface area contributed by atoms with E-state index in [0.717, 1.165) is 11.0 Å². The summed E-state index contributed by atoms with van der Waals surface area (Å²) in [6.07, 6.45) is 2.37. The van der Waals surface area contributed by atoms with Crippen LogP contribution in [0.3, 0.4) is 0 Å². The molecular weight excluding hydrogens is 242 g/mol. The molecule has 0 atom stereocenters. The zero-order chi connectivity index (χ0) is 13.3. The normalized spacial score (nSPS) is 11.7. The van der Waals surface area contributed by atoms with Gasteiger partial charge in [0.25, 0.3) is 0 Å². The minimum absolute atomic E-state index is 0.0594. The van der Waals surface area contributed by atoms with Crippen molar-refractivity contribution in [3.63, 3.8) is 0 Å². The van der Waals surface area contributed by atoms with Crippen molar-refractivity contribution in [1.82, 2.24) is 20.0 Å². The number of nitro groups is 1. The summed E-state index contributed by atoms with van der Waals surface area (Å²) in [5.74, 6) is -0.0816. The van der Waals surface area contributed by atoms with Gasteiger partial charge in [0.2, 0.25) is 5.89 Å². The molecule has 0 unspecified atom stereocenters. The molecular formula is C9H11N5O4. The largest absolute Gasteiger partial charge is 0.446 e. The maximum absolute atomic E-state index is 10.4. The summed E-state index contributed by atoms with van der Waals surface area (Å²) in [5.41, 5.74) is -0.732. The third-order valence-corrected chi connectivity index (χ3v) is 2.17. The lowest BCUT2D eigenvalue weighted by Crippen LogP contribution is -2.16. The number of rotatable bonds is 4. The van der Waals surface area contributed by atoms with E-state index in [2.05, 4.69) is 15.2 Å². The van der Waals surface area contributed by atoms with Crippen molar-refractivity contribution in [2.45, 2.75) is 26.0 Å². The van der Waals surface area contributed by atoms with E-state index in [1.165, 1.54) is 6.26 Å². The van der Waals surface area contributed by atoms with Crippen molar-refractivity contribution in [3.8, 4) is 0 Å². The van der Waals surface area contributed by atoms with Crippen LogP contribution in [-0.4, -0.2) is 30.0 Å². The van der Waals surface area contributed by atoms with E-state index in [1.807, 2.05) is 0 Å². The molecule has 2 aromatic heterocycles. The first-order chi connectivity index (χ1) is 8.36. The molecule has 0 radical (unpaired) electrons. The smallest absolute Gasteiger partial charge is 0.410 e. The van der Waals surface area contributed by atoms with E-state index in [4.69, 9.17) is 4.42 Å². The van der Waals surface area contributed by atoms with Crippen molar-refractivity contribution in [2.75, 3.05) is 0 Å². The van der Waals surface area contributed by atoms with Gasteiger partial charge in [-0.05, 0) is 18.8 Å². The highest BCUT2D eigenvalue weighted by Crippen LogP contribution is 2.18. The molecule has 0 saturated heterocycles. The molecule has 0 saturated carbocycles. The minimum Gasteiger partial charge on any atom is -0.446 e. The molecule has 2 rings (SSSR count). The van der Waals surface area contributed by atoms with Gasteiger partial charge < -0.3 is 19.6 Å². The van der Waals surface area contributed by atoms with Crippen molar-refractivity contribution >= 4 is 5.82 Å². The molecule has 18 heavy (non-hydrogen) atoms. The number of aromatic nitrogens is 4. The highest BCUT2D eigenvalue weighted by molar-refractivity contribution is 5.09. The van der Waals surface area contributed by atoms with E-state index in [0.29, 0.717) is 5.69 Å². The maximum atomic E-state index is 10.4. The van der Waals surface area contributed by atoms with Gasteiger partial charge in [-0.3, -0.25) is 0 Å². The lowest BCUT2D eigenvalue weighted by molar-refractivity contribution is -0.389. The molecule has 0 bridgehead atoms. The Morgan fingerprint density at radius 3 is 2.83 bits per heavy atom. The molecule has 0 aliphatic carbocycles. The first-order valence-corrected chi connectivity index (χ1v) is 5.08. The van der Waals surface area contributed by atoms with Gasteiger partial charge in [0, 0.05) is 0 Å². The second-order valence-electron chi connectivity index (χ2n) is 4.18. The number of nitrogens with zero attached hydrogens (tertiary/aromatic N) is 5. The Hall–Kier alpha value is -2.29. The summed E-state index contributed by atoms with van der Waals surface area (Å²) in [6.45, 7) is 3.21. The van der Waals surface area contributed by atoms with E-state index in [9.17, 15) is 15.2 Å². The van der Waals surface area contributed by atoms with Gasteiger partial charge in [0.05, 0.1) is 5.10 Å². The van der Waals surface area contributed by atoms with Crippen LogP contribution in [0.25, 0.3) is 0 Å². The minimum atomic E-state index is -1.11. The summed E-state index contributed by atoms with van der Waals surface area (Å²) in [4.78, 5) is 14.9. The average molecular weight is 253 g/mol. The molecule has 0 aromatic carbocycles. The molecule has 9 heteroatoms. The van der Waals surface area contributed by atoms with Crippen molar-refractivity contribution in [3.05, 3.63) is 34.2 Å². The third kappa shape index (κ3) is 2.51. The van der Waals surface area contributed by atoms with Gasteiger partial charge in [0.1, 0.15) is 17.6 Å². The Morgan fingerprint density at radius 2 is 2.33 bits per heavy atom. The Labute approximate surface area is 101 Å². The first kappa shape index (κ1) is 12.2. The number of aliphatic hydroxyl groups is 1. The molecule has 9 nitrogen and oxygen atoms in total. The van der Waals surface area contributed by atoms with Crippen LogP contribution in [0.4, 0.5) is 5.82 Å². The Morgan fingerprint density at radius 1 is 1.61 bits per heavy atom. The van der Waals surface area contributed by atoms with E-state index < -0.39 is 10.5 Å². The molecule has 0 aliphatic heterocycles. The summed E-state index contributed by atoms with van der Waals surface area (Å²) in [7, 11) is 0.